The van der Waals surface area contributed by atoms with Crippen LogP contribution < -0.4 is 11.1 Å². The van der Waals surface area contributed by atoms with E-state index in [0.29, 0.717) is 24.8 Å². The highest BCUT2D eigenvalue weighted by Gasteiger charge is 2.27. The van der Waals surface area contributed by atoms with E-state index in [1.807, 2.05) is 0 Å². The summed E-state index contributed by atoms with van der Waals surface area (Å²) in [5.74, 6) is -1.07. The number of hydrogen-bond acceptors (Lipinski definition) is 7. The standard InChI is InChI=1S/C15H24N6O2S/c1-19-4-2-11-12(10-19)24-15(17-11)18-13(22)14(23)21-8-6-20(5-3-16)7-9-21/h2-10,16H2,1H3,(H,17,18,22). The van der Waals surface area contributed by atoms with E-state index in [2.05, 4.69) is 27.1 Å². The second-order valence-corrected chi connectivity index (χ2v) is 7.34. The quantitative estimate of drug-likeness (QED) is 0.690. The number of anilines is 1. The molecule has 1 aromatic heterocycles. The molecule has 2 aliphatic rings. The van der Waals surface area contributed by atoms with Gasteiger partial charge in [-0.05, 0) is 7.05 Å². The fourth-order valence-corrected chi connectivity index (χ4v) is 4.11. The molecule has 3 N–H and O–H groups in total. The van der Waals surface area contributed by atoms with Crippen molar-refractivity contribution in [3.05, 3.63) is 10.6 Å². The molecule has 8 nitrogen and oxygen atoms in total. The van der Waals surface area contributed by atoms with Crippen molar-refractivity contribution >= 4 is 28.3 Å². The number of nitrogens with two attached hydrogens (primary N) is 1. The van der Waals surface area contributed by atoms with Crippen LogP contribution in [0, 0.1) is 0 Å². The summed E-state index contributed by atoms with van der Waals surface area (Å²) in [6.45, 7) is 5.89. The number of nitrogens with zero attached hydrogens (tertiary/aromatic N) is 4. The number of hydrogen-bond donors (Lipinski definition) is 2. The summed E-state index contributed by atoms with van der Waals surface area (Å²) in [6, 6.07) is 0. The van der Waals surface area contributed by atoms with Gasteiger partial charge in [-0.3, -0.25) is 19.8 Å². The van der Waals surface area contributed by atoms with Crippen LogP contribution in [0.1, 0.15) is 10.6 Å². The maximum atomic E-state index is 12.3. The number of amides is 2. The van der Waals surface area contributed by atoms with Crippen LogP contribution in [0.15, 0.2) is 0 Å². The molecule has 0 atom stereocenters. The summed E-state index contributed by atoms with van der Waals surface area (Å²) in [5.41, 5.74) is 6.58. The van der Waals surface area contributed by atoms with Crippen molar-refractivity contribution in [2.75, 3.05) is 58.2 Å². The average molecular weight is 352 g/mol. The number of carbonyl (C=O) groups is 2. The number of fused-ring (bicyclic) bond motifs is 1. The third-order valence-corrected chi connectivity index (χ3v) is 5.44. The Balaban J connectivity index is 1.54. The molecule has 0 aromatic carbocycles. The van der Waals surface area contributed by atoms with Crippen LogP contribution in [0.25, 0.3) is 0 Å². The first-order valence-corrected chi connectivity index (χ1v) is 9.08. The third kappa shape index (κ3) is 3.92. The fraction of sp³-hybridized carbons (Fsp3) is 0.667. The molecule has 0 unspecified atom stereocenters. The Hall–Kier alpha value is -1.55. The summed E-state index contributed by atoms with van der Waals surface area (Å²) in [7, 11) is 2.06. The molecule has 2 amide bonds. The minimum atomic E-state index is -0.596. The highest BCUT2D eigenvalue weighted by atomic mass is 32.1. The number of nitrogens with one attached hydrogen (secondary N) is 1. The molecule has 0 aliphatic carbocycles. The first-order valence-electron chi connectivity index (χ1n) is 8.26. The van der Waals surface area contributed by atoms with Crippen LogP contribution >= 0.6 is 11.3 Å². The van der Waals surface area contributed by atoms with Gasteiger partial charge in [-0.15, -0.1) is 11.3 Å². The summed E-state index contributed by atoms with van der Waals surface area (Å²) in [5, 5.41) is 3.20. The largest absolute Gasteiger partial charge is 0.332 e. The number of likely N-dealkylation sites (N-methyl/N-ethyl adjacent to an activating group) is 1. The zero-order valence-electron chi connectivity index (χ0n) is 14.0. The van der Waals surface area contributed by atoms with E-state index >= 15 is 0 Å². The Bertz CT molecular complexity index is 611. The van der Waals surface area contributed by atoms with E-state index in [1.165, 1.54) is 16.2 Å². The first kappa shape index (κ1) is 17.3. The first-order chi connectivity index (χ1) is 11.6. The number of aromatic nitrogens is 1. The highest BCUT2D eigenvalue weighted by Crippen LogP contribution is 2.27. The van der Waals surface area contributed by atoms with E-state index in [1.54, 1.807) is 4.90 Å². The Morgan fingerprint density at radius 1 is 1.25 bits per heavy atom. The van der Waals surface area contributed by atoms with Gasteiger partial charge in [-0.1, -0.05) is 0 Å². The van der Waals surface area contributed by atoms with E-state index in [4.69, 9.17) is 5.73 Å². The third-order valence-electron chi connectivity index (χ3n) is 4.44. The average Bonchev–Trinajstić information content (AvgIpc) is 2.96. The smallest absolute Gasteiger partial charge is 0.315 e. The number of thiazole rings is 1. The molecule has 24 heavy (non-hydrogen) atoms. The summed E-state index contributed by atoms with van der Waals surface area (Å²) in [4.78, 5) is 36.2. The fourth-order valence-electron chi connectivity index (χ4n) is 3.03. The van der Waals surface area contributed by atoms with Gasteiger partial charge in [-0.25, -0.2) is 4.98 Å². The summed E-state index contributed by atoms with van der Waals surface area (Å²) in [6.07, 6.45) is 0.884. The van der Waals surface area contributed by atoms with Crippen molar-refractivity contribution < 1.29 is 9.59 Å². The normalized spacial score (nSPS) is 19.2. The minimum Gasteiger partial charge on any atom is -0.332 e. The van der Waals surface area contributed by atoms with Gasteiger partial charge in [-0.2, -0.15) is 0 Å². The molecule has 132 valence electrons. The molecular formula is C15H24N6O2S. The van der Waals surface area contributed by atoms with E-state index in [-0.39, 0.29) is 0 Å². The van der Waals surface area contributed by atoms with Gasteiger partial charge in [0.05, 0.1) is 5.69 Å². The topological polar surface area (TPSA) is 94.8 Å². The van der Waals surface area contributed by atoms with Crippen LogP contribution in [0.4, 0.5) is 5.13 Å². The lowest BCUT2D eigenvalue weighted by Gasteiger charge is -2.33. The minimum absolute atomic E-state index is 0.479. The van der Waals surface area contributed by atoms with Gasteiger partial charge in [0.25, 0.3) is 0 Å². The molecule has 3 heterocycles. The van der Waals surface area contributed by atoms with E-state index in [0.717, 1.165) is 44.8 Å². The molecule has 0 radical (unpaired) electrons. The molecule has 0 bridgehead atoms. The molecule has 2 aliphatic heterocycles. The lowest BCUT2D eigenvalue weighted by Crippen LogP contribution is -2.52. The van der Waals surface area contributed by atoms with Crippen LogP contribution in [-0.4, -0.2) is 84.4 Å². The van der Waals surface area contributed by atoms with Gasteiger partial charge >= 0.3 is 11.8 Å². The van der Waals surface area contributed by atoms with Gasteiger partial charge in [0.15, 0.2) is 5.13 Å². The molecule has 1 saturated heterocycles. The molecule has 1 fully saturated rings. The number of carbonyl (C=O) groups excluding carboxylic acids is 2. The van der Waals surface area contributed by atoms with Crippen molar-refractivity contribution in [2.24, 2.45) is 5.73 Å². The van der Waals surface area contributed by atoms with Gasteiger partial charge in [0.2, 0.25) is 0 Å². The number of rotatable bonds is 3. The lowest BCUT2D eigenvalue weighted by molar-refractivity contribution is -0.144. The zero-order valence-corrected chi connectivity index (χ0v) is 14.8. The predicted octanol–water partition coefficient (Wildman–Crippen LogP) is -0.828. The Morgan fingerprint density at radius 3 is 2.71 bits per heavy atom. The van der Waals surface area contributed by atoms with Crippen molar-refractivity contribution in [1.82, 2.24) is 19.7 Å². The summed E-state index contributed by atoms with van der Waals surface area (Å²) >= 11 is 1.46. The van der Waals surface area contributed by atoms with E-state index < -0.39 is 11.8 Å². The van der Waals surface area contributed by atoms with Crippen LogP contribution in [-0.2, 0) is 22.6 Å². The van der Waals surface area contributed by atoms with Crippen LogP contribution in [0.2, 0.25) is 0 Å². The molecule has 9 heteroatoms. The Morgan fingerprint density at radius 2 is 2.00 bits per heavy atom. The molecule has 3 rings (SSSR count). The second kappa shape index (κ2) is 7.56. The lowest BCUT2D eigenvalue weighted by atomic mass is 10.2. The second-order valence-electron chi connectivity index (χ2n) is 6.25. The van der Waals surface area contributed by atoms with Gasteiger partial charge in [0, 0.05) is 63.7 Å². The van der Waals surface area contributed by atoms with E-state index in [9.17, 15) is 9.59 Å². The molecule has 0 saturated carbocycles. The maximum absolute atomic E-state index is 12.3. The van der Waals surface area contributed by atoms with Crippen molar-refractivity contribution in [1.29, 1.82) is 0 Å². The summed E-state index contributed by atoms with van der Waals surface area (Å²) < 4.78 is 0. The Kier molecular flexibility index (Phi) is 5.44. The predicted molar refractivity (Wildman–Crippen MR) is 92.9 cm³/mol. The molecular weight excluding hydrogens is 328 g/mol. The SMILES string of the molecule is CN1CCc2nc(NC(=O)C(=O)N3CCN(CCN)CC3)sc2C1. The highest BCUT2D eigenvalue weighted by molar-refractivity contribution is 7.16. The van der Waals surface area contributed by atoms with Gasteiger partial charge < -0.3 is 15.5 Å². The number of piperazine rings is 1. The Labute approximate surface area is 145 Å². The maximum Gasteiger partial charge on any atom is 0.315 e. The monoisotopic (exact) mass is 352 g/mol. The van der Waals surface area contributed by atoms with Crippen LogP contribution in [0.5, 0.6) is 0 Å². The molecule has 0 spiro atoms. The van der Waals surface area contributed by atoms with Crippen molar-refractivity contribution in [2.45, 2.75) is 13.0 Å². The molecule has 1 aromatic rings. The zero-order chi connectivity index (χ0) is 17.1. The van der Waals surface area contributed by atoms with Gasteiger partial charge in [0.1, 0.15) is 0 Å². The van der Waals surface area contributed by atoms with Crippen LogP contribution in [0.3, 0.4) is 0 Å². The van der Waals surface area contributed by atoms with Crippen molar-refractivity contribution in [3.63, 3.8) is 0 Å². The van der Waals surface area contributed by atoms with Crippen molar-refractivity contribution in [3.8, 4) is 0 Å².